The smallest absolute Gasteiger partial charge is 0.272 e. The van der Waals surface area contributed by atoms with E-state index in [4.69, 9.17) is 26.4 Å². The molecule has 0 bridgehead atoms. The summed E-state index contributed by atoms with van der Waals surface area (Å²) in [5, 5.41) is 15.7. The Morgan fingerprint density at radius 1 is 1.24 bits per heavy atom. The number of aromatic nitrogens is 2. The number of nitrogens with one attached hydrogen (secondary N) is 2. The first kappa shape index (κ1) is 27.9. The third-order valence-corrected chi connectivity index (χ3v) is 7.69. The first-order valence-electron chi connectivity index (χ1n) is 12.6. The lowest BCUT2D eigenvalue weighted by atomic mass is 10.0. The molecular weight excluding hydrogens is 530 g/mol. The molecule has 3 amide bonds. The predicted molar refractivity (Wildman–Crippen MR) is 147 cm³/mol. The maximum absolute atomic E-state index is 13.5. The van der Waals surface area contributed by atoms with Gasteiger partial charge in [-0.05, 0) is 51.3 Å². The third kappa shape index (κ3) is 5.79. The Balaban J connectivity index is 1.66. The molecule has 0 spiro atoms. The number of amides is 3. The molecule has 204 valence electrons. The second-order valence-corrected chi connectivity index (χ2v) is 11.2. The highest BCUT2D eigenvalue weighted by Gasteiger charge is 2.29. The topological polar surface area (TPSA) is 126 Å². The fourth-order valence-electron chi connectivity index (χ4n) is 4.58. The number of hydrogen-bond acceptors (Lipinski definition) is 7. The van der Waals surface area contributed by atoms with Gasteiger partial charge in [-0.1, -0.05) is 18.5 Å². The summed E-state index contributed by atoms with van der Waals surface area (Å²) in [5.74, 6) is -0.499. The Morgan fingerprint density at radius 2 is 1.95 bits per heavy atom. The summed E-state index contributed by atoms with van der Waals surface area (Å²) in [6.45, 7) is 6.13. The molecule has 1 aliphatic heterocycles. The number of pyridine rings is 1. The Hall–Kier alpha value is -3.15. The Morgan fingerprint density at radius 3 is 2.53 bits per heavy atom. The molecule has 3 aromatic heterocycles. The van der Waals surface area contributed by atoms with Crippen molar-refractivity contribution < 1.29 is 24.2 Å². The second kappa shape index (κ2) is 11.7. The van der Waals surface area contributed by atoms with E-state index in [9.17, 15) is 14.4 Å². The molecule has 1 saturated heterocycles. The maximum Gasteiger partial charge on any atom is 0.272 e. The van der Waals surface area contributed by atoms with Crippen molar-refractivity contribution in [3.8, 4) is 5.75 Å². The standard InChI is InChI=1S/C26H32ClN5O5S/c1-5-17-18(30-25(35)19-6-7-20(27)38-19)12-16-23(37-14(2)3)22(31(4)24(16)29-17)26(36)28-15-8-10-32(11-9-15)21(34)13-33/h6-7,12,14-15,33H,5,8-11,13H2,1-4H3,(H,28,36)(H,30,35). The average Bonchev–Trinajstić information content (AvgIpc) is 3.44. The van der Waals surface area contributed by atoms with E-state index in [0.29, 0.717) is 75.4 Å². The van der Waals surface area contributed by atoms with Gasteiger partial charge in [0, 0.05) is 26.2 Å². The van der Waals surface area contributed by atoms with Crippen LogP contribution in [-0.2, 0) is 18.3 Å². The number of ether oxygens (including phenoxy) is 1. The van der Waals surface area contributed by atoms with Crippen LogP contribution in [-0.4, -0.2) is 69.1 Å². The number of thiophene rings is 1. The Kier molecular flexibility index (Phi) is 8.59. The van der Waals surface area contributed by atoms with Gasteiger partial charge in [0.2, 0.25) is 5.91 Å². The van der Waals surface area contributed by atoms with Crippen molar-refractivity contribution in [2.75, 3.05) is 25.0 Å². The number of nitrogens with zero attached hydrogens (tertiary/aromatic N) is 3. The number of anilines is 1. The third-order valence-electron chi connectivity index (χ3n) is 6.46. The largest absolute Gasteiger partial charge is 0.488 e. The van der Waals surface area contributed by atoms with E-state index in [-0.39, 0.29) is 29.9 Å². The minimum atomic E-state index is -0.515. The fourth-order valence-corrected chi connectivity index (χ4v) is 5.52. The van der Waals surface area contributed by atoms with Gasteiger partial charge in [-0.3, -0.25) is 14.4 Å². The van der Waals surface area contributed by atoms with E-state index in [2.05, 4.69) is 10.6 Å². The molecule has 0 saturated carbocycles. The summed E-state index contributed by atoms with van der Waals surface area (Å²) in [6, 6.07) is 5.03. The SMILES string of the molecule is CCc1nc2c(cc1NC(=O)c1ccc(Cl)s1)c(OC(C)C)c(C(=O)NC1CCN(C(=O)CO)CC1)n2C. The van der Waals surface area contributed by atoms with E-state index in [1.807, 2.05) is 26.8 Å². The minimum Gasteiger partial charge on any atom is -0.488 e. The zero-order chi connectivity index (χ0) is 27.6. The quantitative estimate of drug-likeness (QED) is 0.386. The molecule has 0 atom stereocenters. The zero-order valence-corrected chi connectivity index (χ0v) is 23.4. The number of hydrogen-bond donors (Lipinski definition) is 3. The number of piperidine rings is 1. The first-order chi connectivity index (χ1) is 18.1. The minimum absolute atomic E-state index is 0.123. The first-order valence-corrected chi connectivity index (χ1v) is 13.8. The fraction of sp³-hybridized carbons (Fsp3) is 0.462. The van der Waals surface area contributed by atoms with Crippen molar-refractivity contribution in [1.82, 2.24) is 19.8 Å². The molecule has 4 rings (SSSR count). The van der Waals surface area contributed by atoms with Crippen molar-refractivity contribution in [2.24, 2.45) is 7.05 Å². The highest BCUT2D eigenvalue weighted by Crippen LogP contribution is 2.36. The van der Waals surface area contributed by atoms with Crippen LogP contribution in [0, 0.1) is 0 Å². The number of aliphatic hydroxyl groups is 1. The summed E-state index contributed by atoms with van der Waals surface area (Å²) in [4.78, 5) is 45.0. The summed E-state index contributed by atoms with van der Waals surface area (Å²) in [7, 11) is 1.77. The molecule has 3 aromatic rings. The van der Waals surface area contributed by atoms with Gasteiger partial charge in [0.15, 0.2) is 11.4 Å². The molecule has 0 aromatic carbocycles. The maximum atomic E-state index is 13.5. The van der Waals surface area contributed by atoms with Crippen LogP contribution in [0.2, 0.25) is 4.34 Å². The number of fused-ring (bicyclic) bond motifs is 1. The molecule has 4 heterocycles. The molecule has 0 radical (unpaired) electrons. The Labute approximate surface area is 229 Å². The summed E-state index contributed by atoms with van der Waals surface area (Å²) >= 11 is 7.19. The van der Waals surface area contributed by atoms with Crippen molar-refractivity contribution in [3.63, 3.8) is 0 Å². The van der Waals surface area contributed by atoms with E-state index in [1.165, 1.54) is 11.3 Å². The molecule has 38 heavy (non-hydrogen) atoms. The highest BCUT2D eigenvalue weighted by molar-refractivity contribution is 7.18. The number of carbonyl (C=O) groups is 3. The van der Waals surface area contributed by atoms with E-state index in [1.54, 1.807) is 28.6 Å². The number of rotatable bonds is 8. The van der Waals surface area contributed by atoms with Crippen molar-refractivity contribution in [1.29, 1.82) is 0 Å². The number of aryl methyl sites for hydroxylation is 2. The van der Waals surface area contributed by atoms with Crippen LogP contribution < -0.4 is 15.4 Å². The molecule has 3 N–H and O–H groups in total. The van der Waals surface area contributed by atoms with Crippen LogP contribution in [0.3, 0.4) is 0 Å². The molecule has 12 heteroatoms. The number of aliphatic hydroxyl groups excluding tert-OH is 1. The van der Waals surface area contributed by atoms with Gasteiger partial charge in [-0.25, -0.2) is 4.98 Å². The van der Waals surface area contributed by atoms with Gasteiger partial charge in [0.1, 0.15) is 12.3 Å². The van der Waals surface area contributed by atoms with Gasteiger partial charge in [0.05, 0.1) is 32.1 Å². The highest BCUT2D eigenvalue weighted by atomic mass is 35.5. The zero-order valence-electron chi connectivity index (χ0n) is 21.8. The van der Waals surface area contributed by atoms with Crippen LogP contribution >= 0.6 is 22.9 Å². The van der Waals surface area contributed by atoms with E-state index < -0.39 is 6.61 Å². The molecule has 10 nitrogen and oxygen atoms in total. The van der Waals surface area contributed by atoms with Crippen molar-refractivity contribution in [2.45, 2.75) is 52.2 Å². The lowest BCUT2D eigenvalue weighted by molar-refractivity contribution is -0.135. The molecule has 1 fully saturated rings. The van der Waals surface area contributed by atoms with E-state index >= 15 is 0 Å². The van der Waals surface area contributed by atoms with Gasteiger partial charge >= 0.3 is 0 Å². The number of halogens is 1. The lowest BCUT2D eigenvalue weighted by Crippen LogP contribution is -2.47. The van der Waals surface area contributed by atoms with Gasteiger partial charge in [-0.2, -0.15) is 0 Å². The van der Waals surface area contributed by atoms with Crippen LogP contribution in [0.25, 0.3) is 11.0 Å². The van der Waals surface area contributed by atoms with Gasteiger partial charge in [-0.15, -0.1) is 11.3 Å². The number of likely N-dealkylation sites (tertiary alicyclic amines) is 1. The summed E-state index contributed by atoms with van der Waals surface area (Å²) in [5.41, 5.74) is 2.13. The lowest BCUT2D eigenvalue weighted by Gasteiger charge is -2.32. The van der Waals surface area contributed by atoms with Crippen LogP contribution in [0.5, 0.6) is 5.75 Å². The normalized spacial score (nSPS) is 14.2. The second-order valence-electron chi connectivity index (χ2n) is 9.46. The number of carbonyl (C=O) groups excluding carboxylic acids is 3. The molecule has 0 unspecified atom stereocenters. The molecular formula is C26H32ClN5O5S. The predicted octanol–water partition coefficient (Wildman–Crippen LogP) is 3.60. The van der Waals surface area contributed by atoms with Crippen molar-refractivity contribution in [3.05, 3.63) is 38.8 Å². The summed E-state index contributed by atoms with van der Waals surface area (Å²) in [6.07, 6.45) is 1.53. The van der Waals surface area contributed by atoms with E-state index in [0.717, 1.165) is 0 Å². The van der Waals surface area contributed by atoms with Crippen LogP contribution in [0.15, 0.2) is 18.2 Å². The van der Waals surface area contributed by atoms with Gasteiger partial charge < -0.3 is 29.9 Å². The average molecular weight is 562 g/mol. The summed E-state index contributed by atoms with van der Waals surface area (Å²) < 4.78 is 8.39. The van der Waals surface area contributed by atoms with Crippen LogP contribution in [0.4, 0.5) is 5.69 Å². The monoisotopic (exact) mass is 561 g/mol. The van der Waals surface area contributed by atoms with Crippen LogP contribution in [0.1, 0.15) is 59.5 Å². The Bertz CT molecular complexity index is 1360. The molecule has 0 aliphatic carbocycles. The van der Waals surface area contributed by atoms with Gasteiger partial charge in [0.25, 0.3) is 11.8 Å². The van der Waals surface area contributed by atoms with Crippen molar-refractivity contribution >= 4 is 57.4 Å². The molecule has 1 aliphatic rings.